The van der Waals surface area contributed by atoms with Gasteiger partial charge < -0.3 is 14.7 Å². The van der Waals surface area contributed by atoms with Crippen LogP contribution >= 0.6 is 0 Å². The molecule has 9 nitrogen and oxygen atoms in total. The number of nitrogens with one attached hydrogen (secondary N) is 1. The van der Waals surface area contributed by atoms with Gasteiger partial charge in [0.2, 0.25) is 5.91 Å². The van der Waals surface area contributed by atoms with Crippen LogP contribution in [0.4, 0.5) is 11.5 Å². The van der Waals surface area contributed by atoms with Gasteiger partial charge in [0.25, 0.3) is 11.6 Å². The van der Waals surface area contributed by atoms with E-state index >= 15 is 0 Å². The normalized spacial score (nSPS) is 10.4. The molecule has 2 rings (SSSR count). The highest BCUT2D eigenvalue weighted by molar-refractivity contribution is 5.99. The number of unbranched alkanes of at least 4 members (excludes halogenated alkanes) is 1. The zero-order chi connectivity index (χ0) is 19.1. The van der Waals surface area contributed by atoms with Crippen molar-refractivity contribution in [1.82, 2.24) is 10.1 Å². The number of nitrogens with zero attached hydrogens (tertiary/aromatic N) is 3. The fourth-order valence-electron chi connectivity index (χ4n) is 2.29. The zero-order valence-corrected chi connectivity index (χ0v) is 14.6. The third-order valence-corrected chi connectivity index (χ3v) is 3.62. The number of amides is 2. The maximum absolute atomic E-state index is 12.7. The molecule has 9 heteroatoms. The molecule has 0 aliphatic heterocycles. The number of hydrogen-bond donors (Lipinski definition) is 1. The smallest absolute Gasteiger partial charge is 0.269 e. The first-order chi connectivity index (χ1) is 12.4. The minimum atomic E-state index is -0.531. The Morgan fingerprint density at radius 1 is 1.31 bits per heavy atom. The van der Waals surface area contributed by atoms with Crippen molar-refractivity contribution >= 4 is 23.3 Å². The monoisotopic (exact) mass is 360 g/mol. The summed E-state index contributed by atoms with van der Waals surface area (Å²) in [5.74, 6) is 0.0836. The van der Waals surface area contributed by atoms with Gasteiger partial charge in [-0.3, -0.25) is 19.7 Å². The first kappa shape index (κ1) is 19.1. The topological polar surface area (TPSA) is 119 Å². The molecular weight excluding hydrogens is 340 g/mol. The number of nitro benzene ring substituents is 1. The largest absolute Gasteiger partial charge is 0.360 e. The van der Waals surface area contributed by atoms with Crippen LogP contribution in [-0.2, 0) is 4.79 Å². The Bertz CT molecular complexity index is 785. The summed E-state index contributed by atoms with van der Waals surface area (Å²) in [7, 11) is 0. The summed E-state index contributed by atoms with van der Waals surface area (Å²) in [6, 6.07) is 6.88. The van der Waals surface area contributed by atoms with Gasteiger partial charge in [0, 0.05) is 30.3 Å². The average molecular weight is 360 g/mol. The lowest BCUT2D eigenvalue weighted by molar-refractivity contribution is -0.384. The zero-order valence-electron chi connectivity index (χ0n) is 14.6. The summed E-state index contributed by atoms with van der Waals surface area (Å²) in [5.41, 5.74) is 0.192. The highest BCUT2D eigenvalue weighted by Gasteiger charge is 2.20. The van der Waals surface area contributed by atoms with Gasteiger partial charge in [-0.15, -0.1) is 0 Å². The average Bonchev–Trinajstić information content (AvgIpc) is 3.02. The molecule has 1 aromatic carbocycles. The Labute approximate surface area is 150 Å². The SMILES string of the molecule is CCCCN(CC(=O)Nc1cc(C)on1)C(=O)c1ccc([N+](=O)[O-])cc1. The molecule has 1 N–H and O–H groups in total. The Morgan fingerprint density at radius 2 is 2.00 bits per heavy atom. The van der Waals surface area contributed by atoms with Crippen LogP contribution in [0, 0.1) is 17.0 Å². The van der Waals surface area contributed by atoms with Crippen molar-refractivity contribution < 1.29 is 19.0 Å². The molecule has 26 heavy (non-hydrogen) atoms. The lowest BCUT2D eigenvalue weighted by Crippen LogP contribution is -2.38. The standard InChI is InChI=1S/C17H20N4O5/c1-3-4-9-20(11-16(22)18-15-10-12(2)26-19-15)17(23)13-5-7-14(8-6-13)21(24)25/h5-8,10H,3-4,9,11H2,1-2H3,(H,18,19,22). The van der Waals surface area contributed by atoms with Crippen LogP contribution in [0.5, 0.6) is 0 Å². The number of carbonyl (C=O) groups is 2. The Morgan fingerprint density at radius 3 is 2.54 bits per heavy atom. The molecule has 0 unspecified atom stereocenters. The van der Waals surface area contributed by atoms with Crippen LogP contribution in [0.1, 0.15) is 35.9 Å². The van der Waals surface area contributed by atoms with Crippen molar-refractivity contribution in [3.05, 3.63) is 51.8 Å². The lowest BCUT2D eigenvalue weighted by atomic mass is 10.1. The summed E-state index contributed by atoms with van der Waals surface area (Å²) in [6.07, 6.45) is 1.59. The predicted molar refractivity (Wildman–Crippen MR) is 93.8 cm³/mol. The molecule has 138 valence electrons. The molecule has 0 spiro atoms. The van der Waals surface area contributed by atoms with Gasteiger partial charge in [0.05, 0.1) is 4.92 Å². The second kappa shape index (κ2) is 8.75. The van der Waals surface area contributed by atoms with Crippen LogP contribution in [-0.4, -0.2) is 39.9 Å². The minimum absolute atomic E-state index is 0.0965. The highest BCUT2D eigenvalue weighted by atomic mass is 16.6. The van der Waals surface area contributed by atoms with Gasteiger partial charge in [0.1, 0.15) is 12.3 Å². The molecule has 2 amide bonds. The third-order valence-electron chi connectivity index (χ3n) is 3.62. The van der Waals surface area contributed by atoms with E-state index in [1.54, 1.807) is 13.0 Å². The number of anilines is 1. The van der Waals surface area contributed by atoms with E-state index in [0.29, 0.717) is 12.3 Å². The summed E-state index contributed by atoms with van der Waals surface area (Å²) in [6.45, 7) is 3.93. The van der Waals surface area contributed by atoms with Crippen LogP contribution < -0.4 is 5.32 Å². The van der Waals surface area contributed by atoms with Gasteiger partial charge in [-0.05, 0) is 25.5 Å². The summed E-state index contributed by atoms with van der Waals surface area (Å²) < 4.78 is 4.88. The number of carbonyl (C=O) groups excluding carboxylic acids is 2. The number of hydrogen-bond acceptors (Lipinski definition) is 6. The van der Waals surface area contributed by atoms with Gasteiger partial charge >= 0.3 is 0 Å². The predicted octanol–water partition coefficient (Wildman–Crippen LogP) is 2.77. The van der Waals surface area contributed by atoms with E-state index in [1.165, 1.54) is 29.2 Å². The molecule has 1 aromatic heterocycles. The van der Waals surface area contributed by atoms with Gasteiger partial charge in [0.15, 0.2) is 5.82 Å². The fourth-order valence-corrected chi connectivity index (χ4v) is 2.29. The molecule has 0 atom stereocenters. The van der Waals surface area contributed by atoms with E-state index in [-0.39, 0.29) is 29.5 Å². The maximum atomic E-state index is 12.7. The van der Waals surface area contributed by atoms with E-state index in [9.17, 15) is 19.7 Å². The van der Waals surface area contributed by atoms with Gasteiger partial charge in [-0.25, -0.2) is 0 Å². The second-order valence-corrected chi connectivity index (χ2v) is 5.76. The van der Waals surface area contributed by atoms with Crippen LogP contribution in [0.25, 0.3) is 0 Å². The molecule has 0 radical (unpaired) electrons. The third kappa shape index (κ3) is 5.13. The molecule has 0 fully saturated rings. The summed E-state index contributed by atoms with van der Waals surface area (Å²) in [5, 5.41) is 17.0. The number of benzene rings is 1. The number of aromatic nitrogens is 1. The molecular formula is C17H20N4O5. The molecule has 0 aliphatic rings. The summed E-state index contributed by atoms with van der Waals surface area (Å²) in [4.78, 5) is 36.5. The van der Waals surface area contributed by atoms with E-state index in [2.05, 4.69) is 10.5 Å². The van der Waals surface area contributed by atoms with Crippen molar-refractivity contribution in [3.8, 4) is 0 Å². The van der Waals surface area contributed by atoms with E-state index in [4.69, 9.17) is 4.52 Å². The minimum Gasteiger partial charge on any atom is -0.360 e. The lowest BCUT2D eigenvalue weighted by Gasteiger charge is -2.21. The number of aryl methyl sites for hydroxylation is 1. The Balaban J connectivity index is 2.08. The van der Waals surface area contributed by atoms with E-state index < -0.39 is 10.8 Å². The molecule has 1 heterocycles. The fraction of sp³-hybridized carbons (Fsp3) is 0.353. The molecule has 2 aromatic rings. The van der Waals surface area contributed by atoms with Crippen molar-refractivity contribution in [2.45, 2.75) is 26.7 Å². The van der Waals surface area contributed by atoms with Crippen LogP contribution in [0.15, 0.2) is 34.9 Å². The molecule has 0 bridgehead atoms. The van der Waals surface area contributed by atoms with Crippen molar-refractivity contribution in [3.63, 3.8) is 0 Å². The quantitative estimate of drug-likeness (QED) is 0.571. The number of nitro groups is 1. The van der Waals surface area contributed by atoms with Gasteiger partial charge in [-0.2, -0.15) is 0 Å². The Hall–Kier alpha value is -3.23. The van der Waals surface area contributed by atoms with Crippen molar-refractivity contribution in [1.29, 1.82) is 0 Å². The second-order valence-electron chi connectivity index (χ2n) is 5.76. The number of rotatable bonds is 8. The van der Waals surface area contributed by atoms with Crippen LogP contribution in [0.2, 0.25) is 0 Å². The molecule has 0 saturated carbocycles. The van der Waals surface area contributed by atoms with Crippen molar-refractivity contribution in [2.24, 2.45) is 0 Å². The van der Waals surface area contributed by atoms with Gasteiger partial charge in [-0.1, -0.05) is 18.5 Å². The molecule has 0 aliphatic carbocycles. The summed E-state index contributed by atoms with van der Waals surface area (Å²) >= 11 is 0. The van der Waals surface area contributed by atoms with Crippen molar-refractivity contribution in [2.75, 3.05) is 18.4 Å². The highest BCUT2D eigenvalue weighted by Crippen LogP contribution is 2.14. The van der Waals surface area contributed by atoms with E-state index in [0.717, 1.165) is 12.8 Å². The van der Waals surface area contributed by atoms with Crippen LogP contribution in [0.3, 0.4) is 0 Å². The number of non-ortho nitro benzene ring substituents is 1. The molecule has 0 saturated heterocycles. The Kier molecular flexibility index (Phi) is 6.42. The van der Waals surface area contributed by atoms with E-state index in [1.807, 2.05) is 6.92 Å². The maximum Gasteiger partial charge on any atom is 0.269 e. The first-order valence-electron chi connectivity index (χ1n) is 8.17. The first-order valence-corrected chi connectivity index (χ1v) is 8.17.